The zero-order valence-electron chi connectivity index (χ0n) is 11.1. The first kappa shape index (κ1) is 15.0. The first-order chi connectivity index (χ1) is 9.27. The molecule has 4 heteroatoms. The molecule has 1 atom stereocenters. The highest BCUT2D eigenvalue weighted by molar-refractivity contribution is 5.81. The molecule has 1 unspecified atom stereocenters. The lowest BCUT2D eigenvalue weighted by Gasteiger charge is -2.12. The van der Waals surface area contributed by atoms with Gasteiger partial charge in [-0.15, -0.1) is 0 Å². The van der Waals surface area contributed by atoms with Crippen molar-refractivity contribution < 1.29 is 9.59 Å². The number of allylic oxidation sites excluding steroid dienone is 5. The quantitative estimate of drug-likeness (QED) is 0.542. The van der Waals surface area contributed by atoms with Crippen LogP contribution in [0.25, 0.3) is 0 Å². The number of rotatable bonds is 7. The fourth-order valence-corrected chi connectivity index (χ4v) is 1.66. The molecule has 0 saturated heterocycles. The molecule has 0 bridgehead atoms. The molecule has 1 aliphatic carbocycles. The van der Waals surface area contributed by atoms with Crippen LogP contribution < -0.4 is 10.6 Å². The Labute approximate surface area is 114 Å². The molecule has 0 aliphatic heterocycles. The Morgan fingerprint density at radius 2 is 2.26 bits per heavy atom. The van der Waals surface area contributed by atoms with Gasteiger partial charge in [-0.3, -0.25) is 9.59 Å². The predicted octanol–water partition coefficient (Wildman–Crippen LogP) is 1.83. The molecule has 0 spiro atoms. The summed E-state index contributed by atoms with van der Waals surface area (Å²) in [6.07, 6.45) is 15.5. The van der Waals surface area contributed by atoms with Crippen molar-refractivity contribution in [3.05, 3.63) is 48.2 Å². The zero-order chi connectivity index (χ0) is 13.9. The van der Waals surface area contributed by atoms with Gasteiger partial charge in [0, 0.05) is 12.2 Å². The molecule has 4 nitrogen and oxygen atoms in total. The van der Waals surface area contributed by atoms with Crippen LogP contribution in [0.2, 0.25) is 0 Å². The first-order valence-electron chi connectivity index (χ1n) is 6.45. The van der Waals surface area contributed by atoms with Gasteiger partial charge in [0.15, 0.2) is 0 Å². The predicted molar refractivity (Wildman–Crippen MR) is 76.1 cm³/mol. The van der Waals surface area contributed by atoms with Crippen molar-refractivity contribution in [3.8, 4) is 0 Å². The fraction of sp³-hybridized carbons (Fsp3) is 0.333. The minimum atomic E-state index is -0.0907. The largest absolute Gasteiger partial charge is 0.352 e. The van der Waals surface area contributed by atoms with Gasteiger partial charge in [0.05, 0.1) is 5.92 Å². The van der Waals surface area contributed by atoms with Crippen molar-refractivity contribution in [2.24, 2.45) is 5.92 Å². The van der Waals surface area contributed by atoms with E-state index in [1.807, 2.05) is 43.4 Å². The van der Waals surface area contributed by atoms with E-state index in [1.54, 1.807) is 6.08 Å². The molecule has 0 aromatic heterocycles. The van der Waals surface area contributed by atoms with Crippen LogP contribution >= 0.6 is 0 Å². The van der Waals surface area contributed by atoms with Gasteiger partial charge in [-0.05, 0) is 25.0 Å². The van der Waals surface area contributed by atoms with Crippen molar-refractivity contribution >= 4 is 12.3 Å². The van der Waals surface area contributed by atoms with Crippen LogP contribution in [0.3, 0.4) is 0 Å². The summed E-state index contributed by atoms with van der Waals surface area (Å²) in [7, 11) is 0. The molecule has 2 amide bonds. The number of hydrogen-bond donors (Lipinski definition) is 2. The molecule has 1 rings (SSSR count). The summed E-state index contributed by atoms with van der Waals surface area (Å²) in [4.78, 5) is 22.3. The van der Waals surface area contributed by atoms with E-state index in [0.717, 1.165) is 12.8 Å². The van der Waals surface area contributed by atoms with E-state index >= 15 is 0 Å². The minimum absolute atomic E-state index is 0.00164. The molecular weight excluding hydrogens is 240 g/mol. The summed E-state index contributed by atoms with van der Waals surface area (Å²) in [5.74, 6) is -0.0890. The lowest BCUT2D eigenvalue weighted by Crippen LogP contribution is -2.30. The van der Waals surface area contributed by atoms with Gasteiger partial charge < -0.3 is 10.6 Å². The van der Waals surface area contributed by atoms with Crippen molar-refractivity contribution in [1.82, 2.24) is 10.6 Å². The minimum Gasteiger partial charge on any atom is -0.352 e. The molecule has 0 radical (unpaired) electrons. The Kier molecular flexibility index (Phi) is 7.02. The average Bonchev–Trinajstić information content (AvgIpc) is 2.45. The third kappa shape index (κ3) is 5.86. The highest BCUT2D eigenvalue weighted by Gasteiger charge is 2.13. The summed E-state index contributed by atoms with van der Waals surface area (Å²) in [6.45, 7) is 2.41. The summed E-state index contributed by atoms with van der Waals surface area (Å²) < 4.78 is 0. The molecule has 0 aromatic carbocycles. The summed E-state index contributed by atoms with van der Waals surface area (Å²) in [6, 6.07) is 0. The Bertz CT molecular complexity index is 420. The SMILES string of the molecule is CC/C=C\C(=C/CNC(=O)C1C=CC=CC1)NC=O. The van der Waals surface area contributed by atoms with Crippen LogP contribution in [0.4, 0.5) is 0 Å². The molecule has 102 valence electrons. The van der Waals surface area contributed by atoms with Gasteiger partial charge in [-0.1, -0.05) is 37.3 Å². The van der Waals surface area contributed by atoms with E-state index in [1.165, 1.54) is 0 Å². The van der Waals surface area contributed by atoms with Crippen molar-refractivity contribution in [3.63, 3.8) is 0 Å². The molecule has 0 fully saturated rings. The van der Waals surface area contributed by atoms with Crippen molar-refractivity contribution in [2.75, 3.05) is 6.54 Å². The highest BCUT2D eigenvalue weighted by Crippen LogP contribution is 2.10. The summed E-state index contributed by atoms with van der Waals surface area (Å²) >= 11 is 0. The average molecular weight is 260 g/mol. The van der Waals surface area contributed by atoms with Crippen molar-refractivity contribution in [2.45, 2.75) is 19.8 Å². The second-order valence-corrected chi connectivity index (χ2v) is 4.13. The molecule has 19 heavy (non-hydrogen) atoms. The Morgan fingerprint density at radius 3 is 2.89 bits per heavy atom. The molecule has 0 heterocycles. The number of carbonyl (C=O) groups is 2. The van der Waals surface area contributed by atoms with Gasteiger partial charge in [-0.25, -0.2) is 0 Å². The maximum Gasteiger partial charge on any atom is 0.227 e. The maximum atomic E-state index is 11.8. The Hall–Kier alpha value is -2.10. The number of amides is 2. The van der Waals surface area contributed by atoms with Crippen LogP contribution in [-0.4, -0.2) is 18.9 Å². The van der Waals surface area contributed by atoms with Crippen LogP contribution in [0.5, 0.6) is 0 Å². The smallest absolute Gasteiger partial charge is 0.227 e. The lowest BCUT2D eigenvalue weighted by molar-refractivity contribution is -0.123. The van der Waals surface area contributed by atoms with Crippen LogP contribution in [0.15, 0.2) is 48.2 Å². The maximum absolute atomic E-state index is 11.8. The molecule has 0 saturated carbocycles. The van der Waals surface area contributed by atoms with Gasteiger partial charge in [-0.2, -0.15) is 0 Å². The third-order valence-electron chi connectivity index (χ3n) is 2.67. The van der Waals surface area contributed by atoms with E-state index in [2.05, 4.69) is 10.6 Å². The lowest BCUT2D eigenvalue weighted by atomic mass is 10.0. The fourth-order valence-electron chi connectivity index (χ4n) is 1.66. The van der Waals surface area contributed by atoms with Crippen molar-refractivity contribution in [1.29, 1.82) is 0 Å². The second kappa shape index (κ2) is 8.91. The van der Waals surface area contributed by atoms with E-state index < -0.39 is 0 Å². The molecular formula is C15H20N2O2. The third-order valence-corrected chi connectivity index (χ3v) is 2.67. The topological polar surface area (TPSA) is 58.2 Å². The summed E-state index contributed by atoms with van der Waals surface area (Å²) in [5.41, 5.74) is 0.691. The number of nitrogens with one attached hydrogen (secondary N) is 2. The molecule has 2 N–H and O–H groups in total. The van der Waals surface area contributed by atoms with Gasteiger partial charge in [0.25, 0.3) is 0 Å². The summed E-state index contributed by atoms with van der Waals surface area (Å²) in [5, 5.41) is 5.42. The van der Waals surface area contributed by atoms with Gasteiger partial charge >= 0.3 is 0 Å². The normalized spacial score (nSPS) is 18.6. The number of hydrogen-bond acceptors (Lipinski definition) is 2. The molecule has 1 aliphatic rings. The monoisotopic (exact) mass is 260 g/mol. The standard InChI is InChI=1S/C15H20N2O2/c1-2-3-9-14(17-12-18)10-11-16-15(19)13-7-5-4-6-8-13/h3-7,9-10,12-13H,2,8,11H2,1H3,(H,16,19)(H,17,18)/b9-3-,14-10+. The van der Waals surface area contributed by atoms with E-state index in [9.17, 15) is 9.59 Å². The zero-order valence-corrected chi connectivity index (χ0v) is 11.1. The van der Waals surface area contributed by atoms with E-state index in [0.29, 0.717) is 18.7 Å². The van der Waals surface area contributed by atoms with E-state index in [-0.39, 0.29) is 11.8 Å². The highest BCUT2D eigenvalue weighted by atomic mass is 16.1. The van der Waals surface area contributed by atoms with Crippen LogP contribution in [0, 0.1) is 5.92 Å². The molecule has 0 aromatic rings. The van der Waals surface area contributed by atoms with Gasteiger partial charge in [0.2, 0.25) is 12.3 Å². The Morgan fingerprint density at radius 1 is 1.42 bits per heavy atom. The van der Waals surface area contributed by atoms with Crippen LogP contribution in [0.1, 0.15) is 19.8 Å². The van der Waals surface area contributed by atoms with E-state index in [4.69, 9.17) is 0 Å². The first-order valence-corrected chi connectivity index (χ1v) is 6.45. The Balaban J connectivity index is 2.43. The van der Waals surface area contributed by atoms with Crippen LogP contribution in [-0.2, 0) is 9.59 Å². The number of carbonyl (C=O) groups excluding carboxylic acids is 2. The van der Waals surface area contributed by atoms with Gasteiger partial charge in [0.1, 0.15) is 0 Å². The second-order valence-electron chi connectivity index (χ2n) is 4.13.